The van der Waals surface area contributed by atoms with Gasteiger partial charge in [-0.05, 0) is 65.7 Å². The van der Waals surface area contributed by atoms with Crippen LogP contribution in [0.4, 0.5) is 10.5 Å². The topological polar surface area (TPSA) is 67.9 Å². The first kappa shape index (κ1) is 23.2. The first-order valence-electron chi connectivity index (χ1n) is 9.73. The molecule has 0 atom stereocenters. The van der Waals surface area contributed by atoms with Gasteiger partial charge >= 0.3 is 6.03 Å². The lowest BCUT2D eigenvalue weighted by Gasteiger charge is -2.13. The fraction of sp³-hybridized carbons (Fsp3) is 0.0833. The molecule has 0 aliphatic carbocycles. The lowest BCUT2D eigenvalue weighted by atomic mass is 10.1. The lowest BCUT2D eigenvalue weighted by Crippen LogP contribution is -2.30. The highest BCUT2D eigenvalue weighted by molar-refractivity contribution is 9.10. The molecule has 1 N–H and O–H groups in total. The van der Waals surface area contributed by atoms with Gasteiger partial charge in [-0.15, -0.1) is 0 Å². The molecule has 1 heterocycles. The Morgan fingerprint density at radius 1 is 0.970 bits per heavy atom. The van der Waals surface area contributed by atoms with Crippen molar-refractivity contribution in [3.8, 4) is 11.5 Å². The van der Waals surface area contributed by atoms with E-state index in [4.69, 9.17) is 32.7 Å². The molecule has 9 heteroatoms. The summed E-state index contributed by atoms with van der Waals surface area (Å²) in [6, 6.07) is 16.7. The van der Waals surface area contributed by atoms with E-state index >= 15 is 0 Å². The van der Waals surface area contributed by atoms with Gasteiger partial charge in [0.05, 0.1) is 12.8 Å². The Balaban J connectivity index is 1.57. The number of hydrogen-bond donors (Lipinski definition) is 1. The maximum Gasteiger partial charge on any atom is 0.333 e. The fourth-order valence-corrected chi connectivity index (χ4v) is 3.88. The molecule has 0 unspecified atom stereocenters. The highest BCUT2D eigenvalue weighted by Gasteiger charge is 2.35. The molecular formula is C24H17BrCl2N2O4. The molecule has 3 amide bonds. The molecule has 0 saturated carbocycles. The number of benzene rings is 3. The molecule has 0 aromatic heterocycles. The molecule has 6 nitrogen and oxygen atoms in total. The summed E-state index contributed by atoms with van der Waals surface area (Å²) < 4.78 is 12.0. The van der Waals surface area contributed by atoms with Gasteiger partial charge in [-0.2, -0.15) is 0 Å². The van der Waals surface area contributed by atoms with Crippen LogP contribution in [0.1, 0.15) is 11.1 Å². The molecular weight excluding hydrogens is 531 g/mol. The maximum atomic E-state index is 12.9. The van der Waals surface area contributed by atoms with Crippen LogP contribution in [0.15, 0.2) is 70.8 Å². The number of urea groups is 1. The molecule has 4 rings (SSSR count). The molecule has 1 fully saturated rings. The number of imide groups is 1. The van der Waals surface area contributed by atoms with Crippen molar-refractivity contribution in [3.63, 3.8) is 0 Å². The molecule has 33 heavy (non-hydrogen) atoms. The summed E-state index contributed by atoms with van der Waals surface area (Å²) in [5, 5.41) is 3.77. The van der Waals surface area contributed by atoms with Crippen molar-refractivity contribution in [2.24, 2.45) is 0 Å². The molecule has 0 spiro atoms. The lowest BCUT2D eigenvalue weighted by molar-refractivity contribution is -0.113. The summed E-state index contributed by atoms with van der Waals surface area (Å²) >= 11 is 15.3. The van der Waals surface area contributed by atoms with Gasteiger partial charge in [0, 0.05) is 14.5 Å². The molecule has 0 radical (unpaired) electrons. The summed E-state index contributed by atoms with van der Waals surface area (Å²) in [7, 11) is 1.53. The molecule has 1 aliphatic rings. The van der Waals surface area contributed by atoms with E-state index < -0.39 is 11.9 Å². The van der Waals surface area contributed by atoms with E-state index in [0.29, 0.717) is 43.9 Å². The van der Waals surface area contributed by atoms with Crippen molar-refractivity contribution in [2.75, 3.05) is 12.0 Å². The van der Waals surface area contributed by atoms with Crippen molar-refractivity contribution in [3.05, 3.63) is 92.0 Å². The summed E-state index contributed by atoms with van der Waals surface area (Å²) in [5.41, 5.74) is 2.14. The van der Waals surface area contributed by atoms with Crippen LogP contribution in [0.25, 0.3) is 6.08 Å². The third-order valence-corrected chi connectivity index (χ3v) is 6.04. The normalized spacial score (nSPS) is 14.5. The number of hydrogen-bond acceptors (Lipinski definition) is 4. The molecule has 3 aromatic carbocycles. The smallest absolute Gasteiger partial charge is 0.333 e. The zero-order valence-corrected chi connectivity index (χ0v) is 20.4. The summed E-state index contributed by atoms with van der Waals surface area (Å²) in [6.45, 7) is 0.324. The van der Waals surface area contributed by atoms with Crippen molar-refractivity contribution < 1.29 is 19.1 Å². The average molecular weight is 548 g/mol. The van der Waals surface area contributed by atoms with Gasteiger partial charge < -0.3 is 14.8 Å². The van der Waals surface area contributed by atoms with Gasteiger partial charge in [0.2, 0.25) is 0 Å². The quantitative estimate of drug-likeness (QED) is 0.285. The third kappa shape index (κ3) is 5.16. The Labute approximate surface area is 208 Å². The highest BCUT2D eigenvalue weighted by Crippen LogP contribution is 2.35. The first-order chi connectivity index (χ1) is 15.9. The van der Waals surface area contributed by atoms with Crippen molar-refractivity contribution in [2.45, 2.75) is 6.61 Å². The zero-order chi connectivity index (χ0) is 23.5. The Hall–Kier alpha value is -3.00. The van der Waals surface area contributed by atoms with E-state index in [0.717, 1.165) is 10.5 Å². The minimum atomic E-state index is -0.542. The third-order valence-electron chi connectivity index (χ3n) is 4.85. The molecule has 0 bridgehead atoms. The van der Waals surface area contributed by atoms with Gasteiger partial charge in [-0.25, -0.2) is 9.69 Å². The molecule has 1 saturated heterocycles. The number of carbonyl (C=O) groups excluding carboxylic acids is 2. The number of anilines is 1. The Kier molecular flexibility index (Phi) is 6.93. The van der Waals surface area contributed by atoms with E-state index in [9.17, 15) is 9.59 Å². The van der Waals surface area contributed by atoms with Crippen LogP contribution >= 0.6 is 39.1 Å². The van der Waals surface area contributed by atoms with Crippen molar-refractivity contribution >= 4 is 62.8 Å². The van der Waals surface area contributed by atoms with Crippen LogP contribution in [0.2, 0.25) is 10.0 Å². The van der Waals surface area contributed by atoms with Crippen LogP contribution < -0.4 is 19.7 Å². The van der Waals surface area contributed by atoms with Gasteiger partial charge in [-0.3, -0.25) is 4.79 Å². The average Bonchev–Trinajstić information content (AvgIpc) is 3.08. The number of halogens is 3. The Morgan fingerprint density at radius 3 is 2.24 bits per heavy atom. The molecule has 1 aliphatic heterocycles. The Morgan fingerprint density at radius 2 is 1.61 bits per heavy atom. The van der Waals surface area contributed by atoms with E-state index in [1.54, 1.807) is 54.6 Å². The second-order valence-electron chi connectivity index (χ2n) is 7.04. The minimum absolute atomic E-state index is 0.132. The summed E-state index contributed by atoms with van der Waals surface area (Å²) in [5.74, 6) is 0.521. The van der Waals surface area contributed by atoms with Gasteiger partial charge in [0.1, 0.15) is 12.3 Å². The summed E-state index contributed by atoms with van der Waals surface area (Å²) in [6.07, 6.45) is 1.58. The predicted octanol–water partition coefficient (Wildman–Crippen LogP) is 6.44. The van der Waals surface area contributed by atoms with Gasteiger partial charge in [0.25, 0.3) is 5.91 Å². The minimum Gasteiger partial charge on any atom is -0.493 e. The number of nitrogens with one attached hydrogen (secondary N) is 1. The van der Waals surface area contributed by atoms with E-state index in [2.05, 4.69) is 21.2 Å². The number of carbonyl (C=O) groups is 2. The number of methoxy groups -OCH3 is 1. The van der Waals surface area contributed by atoms with Crippen LogP contribution in [0.3, 0.4) is 0 Å². The van der Waals surface area contributed by atoms with E-state index in [-0.39, 0.29) is 5.70 Å². The van der Waals surface area contributed by atoms with E-state index in [1.165, 1.54) is 7.11 Å². The fourth-order valence-electron chi connectivity index (χ4n) is 3.19. The van der Waals surface area contributed by atoms with E-state index in [1.807, 2.05) is 12.1 Å². The van der Waals surface area contributed by atoms with Gasteiger partial charge in [0.15, 0.2) is 11.5 Å². The molecule has 168 valence electrons. The monoisotopic (exact) mass is 546 g/mol. The number of rotatable bonds is 6. The molecule has 3 aromatic rings. The second kappa shape index (κ2) is 9.87. The second-order valence-corrected chi connectivity index (χ2v) is 8.77. The van der Waals surface area contributed by atoms with Crippen molar-refractivity contribution in [1.29, 1.82) is 0 Å². The van der Waals surface area contributed by atoms with Crippen LogP contribution in [-0.4, -0.2) is 19.0 Å². The number of ether oxygens (including phenoxy) is 2. The number of amides is 3. The Bertz CT molecular complexity index is 1240. The highest BCUT2D eigenvalue weighted by atomic mass is 79.9. The number of nitrogens with zero attached hydrogens (tertiary/aromatic N) is 1. The van der Waals surface area contributed by atoms with Crippen LogP contribution in [-0.2, 0) is 11.4 Å². The van der Waals surface area contributed by atoms with Crippen molar-refractivity contribution in [1.82, 2.24) is 5.32 Å². The summed E-state index contributed by atoms with van der Waals surface area (Å²) in [4.78, 5) is 26.4. The predicted molar refractivity (Wildman–Crippen MR) is 132 cm³/mol. The zero-order valence-electron chi connectivity index (χ0n) is 17.3. The van der Waals surface area contributed by atoms with Crippen LogP contribution in [0, 0.1) is 0 Å². The standard InChI is InChI=1S/C24H17BrCl2N2O4/c1-32-21-11-15(19(25)12-22(21)33-13-14-2-4-16(26)5-3-14)10-20-23(30)29(24(31)28-20)18-8-6-17(27)7-9-18/h2-12H,13H2,1H3,(H,28,31)/b20-10+. The maximum absolute atomic E-state index is 12.9. The SMILES string of the molecule is COc1cc(/C=C2/NC(=O)N(c3ccc(Cl)cc3)C2=O)c(Br)cc1OCc1ccc(Cl)cc1. The van der Waals surface area contributed by atoms with Crippen LogP contribution in [0.5, 0.6) is 11.5 Å². The largest absolute Gasteiger partial charge is 0.493 e. The van der Waals surface area contributed by atoms with Gasteiger partial charge in [-0.1, -0.05) is 51.3 Å². The first-order valence-corrected chi connectivity index (χ1v) is 11.3.